The summed E-state index contributed by atoms with van der Waals surface area (Å²) in [6.07, 6.45) is 3.16. The summed E-state index contributed by atoms with van der Waals surface area (Å²) in [6.45, 7) is 2.56. The van der Waals surface area contributed by atoms with Crippen molar-refractivity contribution >= 4 is 40.5 Å². The van der Waals surface area contributed by atoms with E-state index in [1.54, 1.807) is 0 Å². The predicted octanol–water partition coefficient (Wildman–Crippen LogP) is 3.55. The van der Waals surface area contributed by atoms with E-state index in [1.165, 1.54) is 31.1 Å². The van der Waals surface area contributed by atoms with Crippen molar-refractivity contribution in [3.63, 3.8) is 0 Å². The summed E-state index contributed by atoms with van der Waals surface area (Å²) >= 11 is 3.06. The lowest BCUT2D eigenvalue weighted by Gasteiger charge is -2.23. The zero-order valence-electron chi connectivity index (χ0n) is 13.5. The van der Waals surface area contributed by atoms with E-state index >= 15 is 0 Å². The van der Waals surface area contributed by atoms with Gasteiger partial charge in [0.1, 0.15) is 11.8 Å². The minimum atomic E-state index is -4.63. The average Bonchev–Trinajstić information content (AvgIpc) is 2.91. The summed E-state index contributed by atoms with van der Waals surface area (Å²) in [6, 6.07) is 0. The van der Waals surface area contributed by atoms with Crippen molar-refractivity contribution < 1.29 is 22.4 Å². The maximum absolute atomic E-state index is 14.4. The van der Waals surface area contributed by atoms with Gasteiger partial charge in [-0.1, -0.05) is 15.9 Å². The van der Waals surface area contributed by atoms with Gasteiger partial charge in [0.15, 0.2) is 11.5 Å². The Morgan fingerprint density at radius 1 is 1.36 bits per heavy atom. The van der Waals surface area contributed by atoms with E-state index in [9.17, 15) is 13.3 Å². The summed E-state index contributed by atoms with van der Waals surface area (Å²) in [4.78, 5) is 11.9. The van der Waals surface area contributed by atoms with E-state index in [0.29, 0.717) is 17.2 Å². The highest BCUT2D eigenvalue weighted by atomic mass is 79.9. The van der Waals surface area contributed by atoms with Crippen LogP contribution in [0.2, 0.25) is 0 Å². The molecule has 0 radical (unpaired) electrons. The third-order valence-corrected chi connectivity index (χ3v) is 5.58. The highest BCUT2D eigenvalue weighted by molar-refractivity contribution is 9.11. The van der Waals surface area contributed by atoms with Crippen LogP contribution in [0.4, 0.5) is 14.6 Å². The second-order valence-corrected chi connectivity index (χ2v) is 7.94. The molecular weight excluding hydrogens is 423 g/mol. The largest absolute Gasteiger partial charge is 0.403 e. The fourth-order valence-electron chi connectivity index (χ4n) is 2.04. The number of fused-ring (bicyclic) bond motifs is 1. The van der Waals surface area contributed by atoms with Gasteiger partial charge in [-0.3, -0.25) is 4.57 Å². The van der Waals surface area contributed by atoms with Gasteiger partial charge in [0.25, 0.3) is 0 Å². The van der Waals surface area contributed by atoms with Crippen LogP contribution in [0.15, 0.2) is 23.2 Å². The van der Waals surface area contributed by atoms with Crippen molar-refractivity contribution in [2.45, 2.75) is 26.1 Å². The molecule has 0 amide bonds. The molecule has 2 aromatic heterocycles. The minimum Gasteiger partial charge on any atom is -0.382 e. The minimum absolute atomic E-state index is 0.0270. The summed E-state index contributed by atoms with van der Waals surface area (Å²) in [7, 11) is -4.63. The number of hydrogen-bond acceptors (Lipinski definition) is 7. The average molecular weight is 440 g/mol. The Morgan fingerprint density at radius 3 is 2.60 bits per heavy atom. The Hall–Kier alpha value is -1.42. The number of rotatable bonds is 8. The quantitative estimate of drug-likeness (QED) is 0.626. The van der Waals surface area contributed by atoms with E-state index in [0.717, 1.165) is 0 Å². The molecule has 0 atom stereocenters. The molecule has 2 heterocycles. The van der Waals surface area contributed by atoms with E-state index < -0.39 is 13.3 Å². The molecule has 0 aliphatic rings. The van der Waals surface area contributed by atoms with Crippen LogP contribution in [0.25, 0.3) is 11.2 Å². The zero-order chi connectivity index (χ0) is 18.7. The van der Waals surface area contributed by atoms with Gasteiger partial charge in [0.2, 0.25) is 0 Å². The van der Waals surface area contributed by atoms with Crippen LogP contribution in [0.1, 0.15) is 13.8 Å². The Labute approximate surface area is 151 Å². The molecule has 138 valence electrons. The summed E-state index contributed by atoms with van der Waals surface area (Å²) < 4.78 is 52.1. The summed E-state index contributed by atoms with van der Waals surface area (Å²) in [5.74, 6) is 0.186. The smallest absolute Gasteiger partial charge is 0.382 e. The number of allylic oxidation sites excluding steroid dienone is 2. The van der Waals surface area contributed by atoms with Crippen molar-refractivity contribution in [2.75, 3.05) is 18.9 Å². The second-order valence-electron chi connectivity index (χ2n) is 4.82. The maximum Gasteiger partial charge on any atom is 0.403 e. The Kier molecular flexibility index (Phi) is 6.26. The molecular formula is C13H17BrF2N5O3P. The molecule has 0 saturated heterocycles. The van der Waals surface area contributed by atoms with Crippen LogP contribution in [-0.4, -0.2) is 38.4 Å². The fourth-order valence-corrected chi connectivity index (χ4v) is 4.19. The summed E-state index contributed by atoms with van der Waals surface area (Å²) in [5.41, 5.74) is 2.63. The van der Waals surface area contributed by atoms with Crippen molar-refractivity contribution in [3.05, 3.63) is 23.2 Å². The number of anilines is 1. The third-order valence-electron chi connectivity index (χ3n) is 3.04. The Morgan fingerprint density at radius 2 is 2.00 bits per heavy atom. The first-order valence-corrected chi connectivity index (χ1v) is 9.63. The zero-order valence-corrected chi connectivity index (χ0v) is 16.0. The highest BCUT2D eigenvalue weighted by Crippen LogP contribution is 2.62. The monoisotopic (exact) mass is 439 g/mol. The van der Waals surface area contributed by atoms with Crippen LogP contribution in [0.5, 0.6) is 0 Å². The third kappa shape index (κ3) is 4.22. The number of imidazole rings is 1. The van der Waals surface area contributed by atoms with Crippen LogP contribution in [0, 0.1) is 0 Å². The number of alkyl halides is 2. The molecule has 0 saturated carbocycles. The van der Waals surface area contributed by atoms with Gasteiger partial charge in [-0.05, 0) is 13.8 Å². The normalized spacial score (nSPS) is 13.6. The van der Waals surface area contributed by atoms with Crippen molar-refractivity contribution in [2.24, 2.45) is 0 Å². The van der Waals surface area contributed by atoms with E-state index in [2.05, 4.69) is 30.9 Å². The molecule has 2 aromatic rings. The molecule has 2 rings (SSSR count). The molecule has 0 fully saturated rings. The second kappa shape index (κ2) is 7.86. The van der Waals surface area contributed by atoms with Crippen LogP contribution >= 0.6 is 23.5 Å². The molecule has 8 nitrogen and oxygen atoms in total. The van der Waals surface area contributed by atoms with Gasteiger partial charge in [0, 0.05) is 10.6 Å². The first-order chi connectivity index (χ1) is 11.7. The number of halogens is 3. The van der Waals surface area contributed by atoms with E-state index in [1.807, 2.05) is 0 Å². The number of nitrogens with two attached hydrogens (primary N) is 1. The molecule has 0 aromatic carbocycles. The Bertz CT molecular complexity index is 819. The molecule has 0 bridgehead atoms. The van der Waals surface area contributed by atoms with Crippen LogP contribution in [0.3, 0.4) is 0 Å². The van der Waals surface area contributed by atoms with Gasteiger partial charge in [-0.15, -0.1) is 0 Å². The van der Waals surface area contributed by atoms with Gasteiger partial charge in [-0.25, -0.2) is 15.0 Å². The summed E-state index contributed by atoms with van der Waals surface area (Å²) in [5, 5.41) is 0. The Balaban J connectivity index is 2.30. The molecule has 0 unspecified atom stereocenters. The van der Waals surface area contributed by atoms with Gasteiger partial charge in [0.05, 0.1) is 26.1 Å². The van der Waals surface area contributed by atoms with E-state index in [-0.39, 0.29) is 30.1 Å². The molecule has 12 heteroatoms. The topological polar surface area (TPSA) is 105 Å². The highest BCUT2D eigenvalue weighted by Gasteiger charge is 2.51. The van der Waals surface area contributed by atoms with Gasteiger partial charge in [-0.2, -0.15) is 8.78 Å². The molecule has 2 N–H and O–H groups in total. The van der Waals surface area contributed by atoms with Crippen molar-refractivity contribution in [3.8, 4) is 0 Å². The molecule has 25 heavy (non-hydrogen) atoms. The van der Waals surface area contributed by atoms with Gasteiger partial charge < -0.3 is 19.3 Å². The fraction of sp³-hybridized carbons (Fsp3) is 0.462. The lowest BCUT2D eigenvalue weighted by molar-refractivity contribution is 0.0789. The number of nitrogen functional groups attached to an aromatic ring is 1. The number of hydrogen-bond donors (Lipinski definition) is 1. The van der Waals surface area contributed by atoms with Crippen LogP contribution < -0.4 is 5.73 Å². The molecule has 0 spiro atoms. The van der Waals surface area contributed by atoms with Gasteiger partial charge >= 0.3 is 13.3 Å². The maximum atomic E-state index is 14.4. The first-order valence-electron chi connectivity index (χ1n) is 7.29. The van der Waals surface area contributed by atoms with E-state index in [4.69, 9.17) is 14.8 Å². The SMILES string of the molecule is CCOP(=O)(OCC)C(F)(F)/C=C(/Br)Cn1cnc2c(N)ncnc21. The number of nitrogens with zero attached hydrogens (tertiary/aromatic N) is 4. The van der Waals surface area contributed by atoms with Crippen LogP contribution in [-0.2, 0) is 20.2 Å². The first kappa shape index (κ1) is 19.9. The molecule has 0 aliphatic heterocycles. The lowest BCUT2D eigenvalue weighted by atomic mass is 10.4. The predicted molar refractivity (Wildman–Crippen MR) is 92.6 cm³/mol. The lowest BCUT2D eigenvalue weighted by Crippen LogP contribution is -2.18. The van der Waals surface area contributed by atoms with Crippen molar-refractivity contribution in [1.29, 1.82) is 0 Å². The molecule has 0 aliphatic carbocycles. The standard InChI is InChI=1S/C13H17BrF2N5O3P/c1-3-23-25(22,24-4-2)13(15,16)5-9(14)6-21-8-20-10-11(17)18-7-19-12(10)21/h5,7-8H,3-4,6H2,1-2H3,(H2,17,18,19)/b9-5+. The van der Waals surface area contributed by atoms with Crippen molar-refractivity contribution in [1.82, 2.24) is 19.5 Å². The number of aromatic nitrogens is 4.